The number of carbonyl (C=O) groups is 2. The zero-order valence-corrected chi connectivity index (χ0v) is 13.1. The van der Waals surface area contributed by atoms with Crippen molar-refractivity contribution in [3.63, 3.8) is 0 Å². The minimum Gasteiger partial charge on any atom is -0.452 e. The van der Waals surface area contributed by atoms with Crippen molar-refractivity contribution in [3.8, 4) is 0 Å². The molecule has 1 heterocycles. The maximum absolute atomic E-state index is 12.6. The van der Waals surface area contributed by atoms with Crippen LogP contribution in [0.1, 0.15) is 20.3 Å². The highest BCUT2D eigenvalue weighted by Gasteiger charge is 2.48. The highest BCUT2D eigenvalue weighted by atomic mass is 32.2. The number of hydrogen-bond donors (Lipinski definition) is 0. The normalized spacial score (nSPS) is 21.9. The maximum Gasteiger partial charge on any atom is 0.303 e. The van der Waals surface area contributed by atoms with E-state index in [1.54, 1.807) is 25.1 Å². The van der Waals surface area contributed by atoms with Crippen LogP contribution in [-0.4, -0.2) is 43.5 Å². The maximum atomic E-state index is 12.6. The van der Waals surface area contributed by atoms with Crippen molar-refractivity contribution in [2.75, 3.05) is 6.61 Å². The molecule has 1 aliphatic heterocycles. The van der Waals surface area contributed by atoms with Crippen LogP contribution in [0.2, 0.25) is 0 Å². The van der Waals surface area contributed by atoms with Gasteiger partial charge in [-0.2, -0.15) is 0 Å². The Bertz CT molecular complexity index is 657. The SMILES string of the molecule is CCOC1CC(OC(C)=O)C(=O)N1S(=O)(=O)c1ccccc1. The Balaban J connectivity index is 2.37. The molecule has 0 aliphatic carbocycles. The molecule has 120 valence electrons. The Morgan fingerprint density at radius 1 is 1.32 bits per heavy atom. The van der Waals surface area contributed by atoms with Gasteiger partial charge in [0.2, 0.25) is 0 Å². The topological polar surface area (TPSA) is 90.0 Å². The van der Waals surface area contributed by atoms with Crippen LogP contribution in [0.4, 0.5) is 0 Å². The lowest BCUT2D eigenvalue weighted by atomic mass is 10.3. The Hall–Kier alpha value is -1.93. The molecule has 0 saturated carbocycles. The third kappa shape index (κ3) is 3.12. The van der Waals surface area contributed by atoms with E-state index >= 15 is 0 Å². The molecule has 22 heavy (non-hydrogen) atoms. The largest absolute Gasteiger partial charge is 0.452 e. The first kappa shape index (κ1) is 16.4. The second kappa shape index (κ2) is 6.45. The van der Waals surface area contributed by atoms with Gasteiger partial charge in [0, 0.05) is 20.0 Å². The lowest BCUT2D eigenvalue weighted by molar-refractivity contribution is -0.153. The van der Waals surface area contributed by atoms with Crippen molar-refractivity contribution in [1.29, 1.82) is 0 Å². The molecule has 1 amide bonds. The van der Waals surface area contributed by atoms with Gasteiger partial charge in [-0.3, -0.25) is 9.59 Å². The van der Waals surface area contributed by atoms with E-state index in [4.69, 9.17) is 9.47 Å². The molecular weight excluding hydrogens is 310 g/mol. The van der Waals surface area contributed by atoms with Gasteiger partial charge in [0.25, 0.3) is 15.9 Å². The summed E-state index contributed by atoms with van der Waals surface area (Å²) >= 11 is 0. The minimum absolute atomic E-state index is 0.0156. The number of ether oxygens (including phenoxy) is 2. The van der Waals surface area contributed by atoms with E-state index in [1.165, 1.54) is 12.1 Å². The summed E-state index contributed by atoms with van der Waals surface area (Å²) in [5, 5.41) is 0. The van der Waals surface area contributed by atoms with E-state index in [-0.39, 0.29) is 17.9 Å². The Kier molecular flexibility index (Phi) is 4.82. The molecular formula is C14H17NO6S. The molecule has 2 unspecified atom stereocenters. The van der Waals surface area contributed by atoms with Gasteiger partial charge in [-0.05, 0) is 19.1 Å². The summed E-state index contributed by atoms with van der Waals surface area (Å²) in [5.41, 5.74) is 0. The van der Waals surface area contributed by atoms with Gasteiger partial charge in [0.05, 0.1) is 4.90 Å². The number of carbonyl (C=O) groups excluding carboxylic acids is 2. The molecule has 1 aromatic rings. The molecule has 1 aliphatic rings. The first-order chi connectivity index (χ1) is 10.4. The van der Waals surface area contributed by atoms with Gasteiger partial charge < -0.3 is 9.47 Å². The molecule has 0 aromatic heterocycles. The number of sulfonamides is 1. The highest BCUT2D eigenvalue weighted by molar-refractivity contribution is 7.89. The average molecular weight is 327 g/mol. The number of rotatable bonds is 5. The van der Waals surface area contributed by atoms with E-state index in [1.807, 2.05) is 0 Å². The van der Waals surface area contributed by atoms with Crippen molar-refractivity contribution in [1.82, 2.24) is 4.31 Å². The van der Waals surface area contributed by atoms with Crippen molar-refractivity contribution < 1.29 is 27.5 Å². The van der Waals surface area contributed by atoms with Gasteiger partial charge in [0.15, 0.2) is 12.3 Å². The van der Waals surface area contributed by atoms with Crippen molar-refractivity contribution in [3.05, 3.63) is 30.3 Å². The van der Waals surface area contributed by atoms with E-state index in [0.717, 1.165) is 6.92 Å². The zero-order chi connectivity index (χ0) is 16.3. The van der Waals surface area contributed by atoms with Crippen LogP contribution >= 0.6 is 0 Å². The van der Waals surface area contributed by atoms with Crippen molar-refractivity contribution >= 4 is 21.9 Å². The van der Waals surface area contributed by atoms with Crippen molar-refractivity contribution in [2.24, 2.45) is 0 Å². The van der Waals surface area contributed by atoms with Crippen LogP contribution in [-0.2, 0) is 29.1 Å². The van der Waals surface area contributed by atoms with Crippen LogP contribution in [0, 0.1) is 0 Å². The molecule has 0 bridgehead atoms. The van der Waals surface area contributed by atoms with E-state index in [0.29, 0.717) is 4.31 Å². The van der Waals surface area contributed by atoms with Gasteiger partial charge in [-0.25, -0.2) is 12.7 Å². The summed E-state index contributed by atoms with van der Waals surface area (Å²) in [6, 6.07) is 7.58. The average Bonchev–Trinajstić information content (AvgIpc) is 2.76. The Morgan fingerprint density at radius 2 is 1.95 bits per heavy atom. The van der Waals surface area contributed by atoms with E-state index in [9.17, 15) is 18.0 Å². The molecule has 7 nitrogen and oxygen atoms in total. The van der Waals surface area contributed by atoms with Gasteiger partial charge in [0.1, 0.15) is 0 Å². The summed E-state index contributed by atoms with van der Waals surface area (Å²) < 4.78 is 36.2. The molecule has 1 saturated heterocycles. The van der Waals surface area contributed by atoms with Crippen molar-refractivity contribution in [2.45, 2.75) is 37.5 Å². The molecule has 1 fully saturated rings. The molecule has 8 heteroatoms. The van der Waals surface area contributed by atoms with Gasteiger partial charge in [-0.15, -0.1) is 0 Å². The first-order valence-electron chi connectivity index (χ1n) is 6.80. The molecule has 2 rings (SSSR count). The summed E-state index contributed by atoms with van der Waals surface area (Å²) in [6.45, 7) is 3.08. The molecule has 0 radical (unpaired) electrons. The van der Waals surface area contributed by atoms with Crippen LogP contribution in [0.25, 0.3) is 0 Å². The van der Waals surface area contributed by atoms with Crippen LogP contribution in [0.3, 0.4) is 0 Å². The third-order valence-corrected chi connectivity index (χ3v) is 4.94. The Morgan fingerprint density at radius 3 is 2.50 bits per heavy atom. The third-order valence-electron chi connectivity index (χ3n) is 3.14. The predicted octanol–water partition coefficient (Wildman–Crippen LogP) is 0.902. The summed E-state index contributed by atoms with van der Waals surface area (Å²) in [6.07, 6.45) is -2.14. The fraction of sp³-hybridized carbons (Fsp3) is 0.429. The van der Waals surface area contributed by atoms with Gasteiger partial charge in [-0.1, -0.05) is 18.2 Å². The number of benzene rings is 1. The van der Waals surface area contributed by atoms with Crippen LogP contribution in [0.5, 0.6) is 0 Å². The van der Waals surface area contributed by atoms with E-state index < -0.39 is 34.2 Å². The molecule has 1 aromatic carbocycles. The lowest BCUT2D eigenvalue weighted by Gasteiger charge is -2.23. The molecule has 0 spiro atoms. The summed E-state index contributed by atoms with van der Waals surface area (Å²) in [7, 11) is -4.06. The molecule has 2 atom stereocenters. The smallest absolute Gasteiger partial charge is 0.303 e. The number of esters is 1. The fourth-order valence-electron chi connectivity index (χ4n) is 2.27. The summed E-state index contributed by atoms with van der Waals surface area (Å²) in [4.78, 5) is 23.4. The van der Waals surface area contributed by atoms with Crippen LogP contribution < -0.4 is 0 Å². The Labute approximate surface area is 128 Å². The monoisotopic (exact) mass is 327 g/mol. The summed E-state index contributed by atoms with van der Waals surface area (Å²) in [5.74, 6) is -1.44. The highest BCUT2D eigenvalue weighted by Crippen LogP contribution is 2.29. The predicted molar refractivity (Wildman–Crippen MR) is 76.1 cm³/mol. The first-order valence-corrected chi connectivity index (χ1v) is 8.24. The number of nitrogens with zero attached hydrogens (tertiary/aromatic N) is 1. The van der Waals surface area contributed by atoms with Gasteiger partial charge >= 0.3 is 5.97 Å². The number of hydrogen-bond acceptors (Lipinski definition) is 6. The second-order valence-electron chi connectivity index (χ2n) is 4.70. The standard InChI is InChI=1S/C14H17NO6S/c1-3-20-13-9-12(21-10(2)16)14(17)15(13)22(18,19)11-7-5-4-6-8-11/h4-8,12-13H,3,9H2,1-2H3. The van der Waals surface area contributed by atoms with Crippen LogP contribution in [0.15, 0.2) is 35.2 Å². The lowest BCUT2D eigenvalue weighted by Crippen LogP contribution is -2.41. The van der Waals surface area contributed by atoms with E-state index in [2.05, 4.69) is 0 Å². The number of amides is 1. The second-order valence-corrected chi connectivity index (χ2v) is 6.51. The fourth-order valence-corrected chi connectivity index (χ4v) is 3.81. The zero-order valence-electron chi connectivity index (χ0n) is 12.3. The quantitative estimate of drug-likeness (QED) is 0.747. The minimum atomic E-state index is -4.06. The molecule has 0 N–H and O–H groups in total.